The van der Waals surface area contributed by atoms with Crippen LogP contribution in [0.2, 0.25) is 18.1 Å². The lowest BCUT2D eigenvalue weighted by atomic mass is 10.0. The van der Waals surface area contributed by atoms with E-state index in [1.165, 1.54) is 0 Å². The molecule has 2 atom stereocenters. The number of carboxylic acid groups (broad SMARTS) is 1. The lowest BCUT2D eigenvalue weighted by molar-refractivity contribution is 0.186. The van der Waals surface area contributed by atoms with Crippen molar-refractivity contribution in [3.8, 4) is 0 Å². The Balaban J connectivity index is 2.16. The first-order valence-electron chi connectivity index (χ1n) is 9.49. The Morgan fingerprint density at radius 3 is 2.38 bits per heavy atom. The van der Waals surface area contributed by atoms with E-state index in [0.717, 1.165) is 25.0 Å². The quantitative estimate of drug-likeness (QED) is 0.686. The molecule has 6 nitrogen and oxygen atoms in total. The normalized spacial score (nSPS) is 21.8. The highest BCUT2D eigenvalue weighted by atomic mass is 28.4. The van der Waals surface area contributed by atoms with Gasteiger partial charge in [0.1, 0.15) is 5.82 Å². The van der Waals surface area contributed by atoms with E-state index in [2.05, 4.69) is 39.2 Å². The van der Waals surface area contributed by atoms with Crippen molar-refractivity contribution in [3.63, 3.8) is 0 Å². The standard InChI is InChI=1S/C19H35N3O3Si/c1-18(2,3)22-16(20-17(23)24)12-15(21-22)13-9-10-14(11-13)25-26(7,8)19(4,5)6/h12-14,20H,9-11H2,1-8H3,(H,23,24)/t13-,14+/m0/s1. The predicted octanol–water partition coefficient (Wildman–Crippen LogP) is 5.39. The molecule has 1 saturated carbocycles. The molecule has 1 aromatic heterocycles. The highest BCUT2D eigenvalue weighted by molar-refractivity contribution is 6.74. The summed E-state index contributed by atoms with van der Waals surface area (Å²) in [5.41, 5.74) is 0.677. The highest BCUT2D eigenvalue weighted by Crippen LogP contribution is 2.43. The van der Waals surface area contributed by atoms with Gasteiger partial charge in [-0.2, -0.15) is 5.10 Å². The number of aromatic nitrogens is 2. The maximum atomic E-state index is 11.1. The Labute approximate surface area is 158 Å². The number of carbonyl (C=O) groups is 1. The molecule has 2 N–H and O–H groups in total. The Bertz CT molecular complexity index is 656. The van der Waals surface area contributed by atoms with Crippen molar-refractivity contribution in [1.29, 1.82) is 0 Å². The minimum absolute atomic E-state index is 0.206. The molecule has 2 rings (SSSR count). The Kier molecular flexibility index (Phi) is 5.64. The second kappa shape index (κ2) is 7.00. The number of hydrogen-bond acceptors (Lipinski definition) is 3. The minimum Gasteiger partial charge on any atom is -0.465 e. The van der Waals surface area contributed by atoms with Crippen molar-refractivity contribution in [2.45, 2.75) is 96.5 Å². The van der Waals surface area contributed by atoms with Crippen LogP contribution < -0.4 is 5.32 Å². The molecule has 26 heavy (non-hydrogen) atoms. The number of rotatable bonds is 4. The number of anilines is 1. The molecule has 0 radical (unpaired) electrons. The SMILES string of the molecule is CC(C)(C)n1nc([C@H]2CC[C@@H](O[Si](C)(C)C(C)(C)C)C2)cc1NC(=O)O. The fourth-order valence-corrected chi connectivity index (χ4v) is 4.62. The average Bonchev–Trinajstić information content (AvgIpc) is 3.02. The van der Waals surface area contributed by atoms with Gasteiger partial charge in [-0.15, -0.1) is 0 Å². The van der Waals surface area contributed by atoms with E-state index in [-0.39, 0.29) is 16.7 Å². The first-order chi connectivity index (χ1) is 11.7. The maximum Gasteiger partial charge on any atom is 0.410 e. The van der Waals surface area contributed by atoms with Crippen molar-refractivity contribution >= 4 is 20.2 Å². The van der Waals surface area contributed by atoms with Gasteiger partial charge in [0.2, 0.25) is 0 Å². The van der Waals surface area contributed by atoms with Gasteiger partial charge in [-0.3, -0.25) is 5.32 Å². The molecule has 0 aliphatic heterocycles. The Morgan fingerprint density at radius 1 is 1.27 bits per heavy atom. The molecule has 1 heterocycles. The summed E-state index contributed by atoms with van der Waals surface area (Å²) in [6.45, 7) is 17.5. The molecule has 0 saturated heterocycles. The molecule has 148 valence electrons. The summed E-state index contributed by atoms with van der Waals surface area (Å²) in [4.78, 5) is 11.1. The van der Waals surface area contributed by atoms with Crippen LogP contribution in [-0.4, -0.2) is 35.4 Å². The zero-order valence-electron chi connectivity index (χ0n) is 17.5. The van der Waals surface area contributed by atoms with Gasteiger partial charge in [0.15, 0.2) is 8.32 Å². The van der Waals surface area contributed by atoms with E-state index in [0.29, 0.717) is 11.7 Å². The summed E-state index contributed by atoms with van der Waals surface area (Å²) < 4.78 is 8.35. The maximum absolute atomic E-state index is 11.1. The smallest absolute Gasteiger partial charge is 0.410 e. The lowest BCUT2D eigenvalue weighted by Crippen LogP contribution is -2.43. The molecule has 1 amide bonds. The van der Waals surface area contributed by atoms with Gasteiger partial charge in [0, 0.05) is 18.1 Å². The third kappa shape index (κ3) is 4.68. The van der Waals surface area contributed by atoms with Gasteiger partial charge in [0.25, 0.3) is 0 Å². The van der Waals surface area contributed by atoms with Crippen LogP contribution in [0.25, 0.3) is 0 Å². The van der Waals surface area contributed by atoms with E-state index in [9.17, 15) is 4.79 Å². The summed E-state index contributed by atoms with van der Waals surface area (Å²) in [5, 5.41) is 16.5. The zero-order valence-corrected chi connectivity index (χ0v) is 18.5. The van der Waals surface area contributed by atoms with Crippen LogP contribution in [0.5, 0.6) is 0 Å². The summed E-state index contributed by atoms with van der Waals surface area (Å²) in [5.74, 6) is 0.858. The predicted molar refractivity (Wildman–Crippen MR) is 108 cm³/mol. The topological polar surface area (TPSA) is 76.4 Å². The fraction of sp³-hybridized carbons (Fsp3) is 0.789. The number of nitrogens with one attached hydrogen (secondary N) is 1. The minimum atomic E-state index is -1.77. The van der Waals surface area contributed by atoms with Crippen molar-refractivity contribution in [2.24, 2.45) is 0 Å². The van der Waals surface area contributed by atoms with E-state index in [1.807, 2.05) is 26.8 Å². The largest absolute Gasteiger partial charge is 0.465 e. The second-order valence-corrected chi connectivity index (χ2v) is 14.7. The molecule has 0 unspecified atom stereocenters. The number of nitrogens with zero attached hydrogens (tertiary/aromatic N) is 2. The third-order valence-corrected chi connectivity index (χ3v) is 10.2. The van der Waals surface area contributed by atoms with Gasteiger partial charge in [-0.1, -0.05) is 20.8 Å². The van der Waals surface area contributed by atoms with Gasteiger partial charge < -0.3 is 9.53 Å². The Hall–Kier alpha value is -1.34. The van der Waals surface area contributed by atoms with Crippen LogP contribution in [0.4, 0.5) is 10.6 Å². The van der Waals surface area contributed by atoms with Gasteiger partial charge in [-0.05, 0) is 58.2 Å². The molecule has 0 bridgehead atoms. The van der Waals surface area contributed by atoms with Gasteiger partial charge in [-0.25, -0.2) is 9.48 Å². The van der Waals surface area contributed by atoms with Crippen molar-refractivity contribution in [2.75, 3.05) is 5.32 Å². The van der Waals surface area contributed by atoms with Crippen molar-refractivity contribution in [1.82, 2.24) is 9.78 Å². The molecule has 7 heteroatoms. The first kappa shape index (κ1) is 21.0. The molecule has 0 spiro atoms. The molecule has 1 aliphatic carbocycles. The summed E-state index contributed by atoms with van der Waals surface area (Å²) in [6.07, 6.45) is 2.25. The molecule has 1 aliphatic rings. The summed E-state index contributed by atoms with van der Waals surface area (Å²) in [6, 6.07) is 1.89. The lowest BCUT2D eigenvalue weighted by Gasteiger charge is -2.38. The van der Waals surface area contributed by atoms with E-state index >= 15 is 0 Å². The fourth-order valence-electron chi connectivity index (χ4n) is 3.22. The van der Waals surface area contributed by atoms with Gasteiger partial charge in [0.05, 0.1) is 11.2 Å². The zero-order chi connectivity index (χ0) is 19.9. The van der Waals surface area contributed by atoms with Crippen molar-refractivity contribution < 1.29 is 14.3 Å². The van der Waals surface area contributed by atoms with Crippen LogP contribution in [-0.2, 0) is 9.96 Å². The summed E-state index contributed by atoms with van der Waals surface area (Å²) >= 11 is 0. The average molecular weight is 382 g/mol. The third-order valence-electron chi connectivity index (χ3n) is 5.67. The number of hydrogen-bond donors (Lipinski definition) is 2. The highest BCUT2D eigenvalue weighted by Gasteiger charge is 2.41. The molecule has 0 aromatic carbocycles. The first-order valence-corrected chi connectivity index (χ1v) is 12.4. The van der Waals surface area contributed by atoms with E-state index in [4.69, 9.17) is 14.6 Å². The van der Waals surface area contributed by atoms with Crippen LogP contribution in [0.1, 0.15) is 72.4 Å². The number of amides is 1. The van der Waals surface area contributed by atoms with Crippen LogP contribution >= 0.6 is 0 Å². The van der Waals surface area contributed by atoms with Gasteiger partial charge >= 0.3 is 6.09 Å². The molecular formula is C19H35N3O3Si. The molecule has 1 aromatic rings. The van der Waals surface area contributed by atoms with Crippen LogP contribution in [0.3, 0.4) is 0 Å². The van der Waals surface area contributed by atoms with Crippen LogP contribution in [0.15, 0.2) is 6.07 Å². The van der Waals surface area contributed by atoms with Crippen LogP contribution in [0, 0.1) is 0 Å². The second-order valence-electron chi connectivity index (χ2n) is 9.98. The molecule has 1 fully saturated rings. The van der Waals surface area contributed by atoms with Crippen molar-refractivity contribution in [3.05, 3.63) is 11.8 Å². The molecular weight excluding hydrogens is 346 g/mol. The van der Waals surface area contributed by atoms with E-state index < -0.39 is 14.4 Å². The monoisotopic (exact) mass is 381 g/mol. The van der Waals surface area contributed by atoms with E-state index in [1.54, 1.807) is 4.68 Å². The summed E-state index contributed by atoms with van der Waals surface area (Å²) in [7, 11) is -1.77. The Morgan fingerprint density at radius 2 is 1.88 bits per heavy atom.